The van der Waals surface area contributed by atoms with Gasteiger partial charge in [0.05, 0.1) is 17.2 Å². The van der Waals surface area contributed by atoms with Crippen LogP contribution in [0.4, 0.5) is 0 Å². The van der Waals surface area contributed by atoms with Crippen LogP contribution in [0.25, 0.3) is 0 Å². The summed E-state index contributed by atoms with van der Waals surface area (Å²) in [4.78, 5) is 14.7. The van der Waals surface area contributed by atoms with Crippen molar-refractivity contribution in [3.63, 3.8) is 0 Å². The van der Waals surface area contributed by atoms with Crippen molar-refractivity contribution in [2.24, 2.45) is 0 Å². The minimum Gasteiger partial charge on any atom is -0.497 e. The Morgan fingerprint density at radius 1 is 1.23 bits per heavy atom. The number of methoxy groups -OCH3 is 1. The molecule has 0 atom stereocenters. The number of nitrogens with zero attached hydrogens (tertiary/aromatic N) is 2. The van der Waals surface area contributed by atoms with E-state index in [1.165, 1.54) is 0 Å². The predicted molar refractivity (Wildman–Crippen MR) is 104 cm³/mol. The summed E-state index contributed by atoms with van der Waals surface area (Å²) in [5, 5.41) is -0.415. The minimum atomic E-state index is -3.24. The van der Waals surface area contributed by atoms with E-state index >= 15 is 0 Å². The van der Waals surface area contributed by atoms with Crippen LogP contribution in [-0.2, 0) is 10.0 Å². The van der Waals surface area contributed by atoms with Gasteiger partial charge >= 0.3 is 0 Å². The van der Waals surface area contributed by atoms with Crippen LogP contribution in [0.3, 0.4) is 0 Å². The van der Waals surface area contributed by atoms with Gasteiger partial charge < -0.3 is 9.64 Å². The molecule has 2 aliphatic heterocycles. The molecule has 2 aliphatic rings. The largest absolute Gasteiger partial charge is 0.497 e. The van der Waals surface area contributed by atoms with Gasteiger partial charge in [-0.25, -0.2) is 12.7 Å². The molecule has 2 heterocycles. The number of rotatable bonds is 4. The molecule has 0 bridgehead atoms. The highest BCUT2D eigenvalue weighted by molar-refractivity contribution is 8.00. The minimum absolute atomic E-state index is 0.00549. The first-order valence-corrected chi connectivity index (χ1v) is 11.4. The summed E-state index contributed by atoms with van der Waals surface area (Å²) in [6, 6.07) is 7.21. The Morgan fingerprint density at radius 2 is 1.92 bits per heavy atom. The second-order valence-corrected chi connectivity index (χ2v) is 10.9. The highest BCUT2D eigenvalue weighted by Gasteiger charge is 2.48. The zero-order valence-corrected chi connectivity index (χ0v) is 17.1. The van der Waals surface area contributed by atoms with Crippen LogP contribution in [0.5, 0.6) is 5.75 Å². The van der Waals surface area contributed by atoms with E-state index < -0.39 is 15.3 Å². The van der Waals surface area contributed by atoms with Gasteiger partial charge in [-0.15, -0.1) is 11.8 Å². The summed E-state index contributed by atoms with van der Waals surface area (Å²) in [5.74, 6) is 1.54. The second kappa shape index (κ2) is 7.40. The first-order chi connectivity index (χ1) is 12.3. The van der Waals surface area contributed by atoms with Crippen molar-refractivity contribution in [2.75, 3.05) is 32.5 Å². The molecule has 3 rings (SSSR count). The van der Waals surface area contributed by atoms with Crippen LogP contribution >= 0.6 is 11.8 Å². The second-order valence-electron chi connectivity index (χ2n) is 6.98. The van der Waals surface area contributed by atoms with Crippen LogP contribution in [0.15, 0.2) is 24.3 Å². The fraction of sp³-hybridized carbons (Fsp3) is 0.611. The van der Waals surface area contributed by atoms with Crippen LogP contribution in [0.1, 0.15) is 37.0 Å². The molecular formula is C18H26N2O4S2. The SMILES string of the molecule is COc1cccc(C(=O)N2CCSC23CCN(S(=O)(=O)C(C)C)CC3)c1. The monoisotopic (exact) mass is 398 g/mol. The topological polar surface area (TPSA) is 66.9 Å². The van der Waals surface area contributed by atoms with Crippen molar-refractivity contribution in [2.45, 2.75) is 36.8 Å². The van der Waals surface area contributed by atoms with E-state index in [9.17, 15) is 13.2 Å². The maximum atomic E-state index is 13.1. The van der Waals surface area contributed by atoms with Gasteiger partial charge in [0.2, 0.25) is 10.0 Å². The number of benzene rings is 1. The van der Waals surface area contributed by atoms with Gasteiger partial charge in [-0.05, 0) is 44.9 Å². The number of ether oxygens (including phenoxy) is 1. The molecule has 8 heteroatoms. The number of carbonyl (C=O) groups is 1. The van der Waals surface area contributed by atoms with E-state index in [0.29, 0.717) is 43.8 Å². The summed E-state index contributed by atoms with van der Waals surface area (Å²) in [5.41, 5.74) is 0.614. The Hall–Kier alpha value is -1.25. The molecule has 1 aromatic carbocycles. The fourth-order valence-corrected chi connectivity index (χ4v) is 6.35. The van der Waals surface area contributed by atoms with E-state index in [1.807, 2.05) is 17.0 Å². The van der Waals surface area contributed by atoms with Crippen molar-refractivity contribution in [1.29, 1.82) is 0 Å². The lowest BCUT2D eigenvalue weighted by Crippen LogP contribution is -2.54. The lowest BCUT2D eigenvalue weighted by molar-refractivity contribution is 0.0604. The van der Waals surface area contributed by atoms with E-state index in [0.717, 1.165) is 5.75 Å². The molecule has 0 aliphatic carbocycles. The smallest absolute Gasteiger partial charge is 0.255 e. The standard InChI is InChI=1S/C18H26N2O4S2/c1-14(2)26(22,23)19-9-7-18(8-10-19)20(11-12-25-18)17(21)15-5-4-6-16(13-15)24-3/h4-6,13-14H,7-12H2,1-3H3. The summed E-state index contributed by atoms with van der Waals surface area (Å²) in [7, 11) is -1.66. The average molecular weight is 399 g/mol. The third-order valence-electron chi connectivity index (χ3n) is 5.20. The van der Waals surface area contributed by atoms with Crippen molar-refractivity contribution in [3.05, 3.63) is 29.8 Å². The number of hydrogen-bond acceptors (Lipinski definition) is 5. The number of amides is 1. The molecule has 26 heavy (non-hydrogen) atoms. The maximum absolute atomic E-state index is 13.1. The molecular weight excluding hydrogens is 372 g/mol. The normalized spacial score (nSPS) is 20.7. The van der Waals surface area contributed by atoms with E-state index in [2.05, 4.69) is 0 Å². The molecule has 0 saturated carbocycles. The molecule has 1 aromatic rings. The van der Waals surface area contributed by atoms with Gasteiger partial charge in [0.1, 0.15) is 5.75 Å². The van der Waals surface area contributed by atoms with Gasteiger partial charge in [0, 0.05) is 31.0 Å². The third-order valence-corrected chi connectivity index (χ3v) is 9.03. The van der Waals surface area contributed by atoms with E-state index in [-0.39, 0.29) is 10.8 Å². The molecule has 0 unspecified atom stereocenters. The first-order valence-electron chi connectivity index (χ1n) is 8.89. The summed E-state index contributed by atoms with van der Waals surface area (Å²) in [6.45, 7) is 5.05. The zero-order chi connectivity index (χ0) is 18.9. The van der Waals surface area contributed by atoms with E-state index in [4.69, 9.17) is 4.74 Å². The van der Waals surface area contributed by atoms with Crippen molar-refractivity contribution in [3.8, 4) is 5.75 Å². The Bertz CT molecular complexity index is 771. The number of piperidine rings is 1. The third kappa shape index (κ3) is 3.46. The first kappa shape index (κ1) is 19.5. The van der Waals surface area contributed by atoms with Crippen LogP contribution in [0, 0.1) is 0 Å². The Labute approximate surface area is 159 Å². The quantitative estimate of drug-likeness (QED) is 0.779. The highest BCUT2D eigenvalue weighted by atomic mass is 32.2. The van der Waals surface area contributed by atoms with Crippen molar-refractivity contribution >= 4 is 27.7 Å². The molecule has 0 N–H and O–H groups in total. The van der Waals surface area contributed by atoms with Crippen molar-refractivity contribution in [1.82, 2.24) is 9.21 Å². The Kier molecular flexibility index (Phi) is 5.55. The highest BCUT2D eigenvalue weighted by Crippen LogP contribution is 2.45. The number of hydrogen-bond donors (Lipinski definition) is 0. The summed E-state index contributed by atoms with van der Waals surface area (Å²) < 4.78 is 31.7. The molecule has 2 saturated heterocycles. The van der Waals surface area contributed by atoms with Gasteiger partial charge in [-0.3, -0.25) is 4.79 Å². The number of sulfonamides is 1. The summed E-state index contributed by atoms with van der Waals surface area (Å²) in [6.07, 6.45) is 1.33. The predicted octanol–water partition coefficient (Wildman–Crippen LogP) is 2.41. The van der Waals surface area contributed by atoms with Gasteiger partial charge in [-0.1, -0.05) is 6.07 Å². The molecule has 6 nitrogen and oxygen atoms in total. The van der Waals surface area contributed by atoms with Crippen LogP contribution in [0.2, 0.25) is 0 Å². The molecule has 0 radical (unpaired) electrons. The molecule has 1 spiro atoms. The Morgan fingerprint density at radius 3 is 2.54 bits per heavy atom. The van der Waals surface area contributed by atoms with Crippen LogP contribution < -0.4 is 4.74 Å². The molecule has 0 aromatic heterocycles. The maximum Gasteiger partial charge on any atom is 0.255 e. The lowest BCUT2D eigenvalue weighted by atomic mass is 10.0. The van der Waals surface area contributed by atoms with Gasteiger partial charge in [-0.2, -0.15) is 0 Å². The Balaban J connectivity index is 1.77. The fourth-order valence-electron chi connectivity index (χ4n) is 3.61. The average Bonchev–Trinajstić information content (AvgIpc) is 3.04. The zero-order valence-electron chi connectivity index (χ0n) is 15.5. The van der Waals surface area contributed by atoms with Gasteiger partial charge in [0.15, 0.2) is 0 Å². The molecule has 1 amide bonds. The van der Waals surface area contributed by atoms with Gasteiger partial charge in [0.25, 0.3) is 5.91 Å². The molecule has 144 valence electrons. The summed E-state index contributed by atoms with van der Waals surface area (Å²) >= 11 is 1.78. The van der Waals surface area contributed by atoms with Crippen LogP contribution in [-0.4, -0.2) is 66.1 Å². The lowest BCUT2D eigenvalue weighted by Gasteiger charge is -2.44. The molecule has 2 fully saturated rings. The van der Waals surface area contributed by atoms with Crippen molar-refractivity contribution < 1.29 is 17.9 Å². The number of carbonyl (C=O) groups excluding carboxylic acids is 1. The number of thioether (sulfide) groups is 1. The van der Waals surface area contributed by atoms with E-state index in [1.54, 1.807) is 49.2 Å².